The molecule has 1 nitrogen and oxygen atoms in total. The smallest absolute Gasteiger partial charge is 0.182 e. The van der Waals surface area contributed by atoms with Crippen molar-refractivity contribution in [1.82, 2.24) is 0 Å². The molecule has 1 aromatic rings. The fraction of sp³-hybridized carbons (Fsp3) is 0.571. The van der Waals surface area contributed by atoms with Crippen LogP contribution in [-0.2, 0) is 0 Å². The summed E-state index contributed by atoms with van der Waals surface area (Å²) in [6.07, 6.45) is 7.62. The molecule has 1 aliphatic carbocycles. The van der Waals surface area contributed by atoms with E-state index in [9.17, 15) is 13.2 Å². The lowest BCUT2D eigenvalue weighted by Gasteiger charge is -2.22. The summed E-state index contributed by atoms with van der Waals surface area (Å²) in [7, 11) is 0. The van der Waals surface area contributed by atoms with E-state index in [2.05, 4.69) is 5.32 Å². The third-order valence-corrected chi connectivity index (χ3v) is 3.46. The average Bonchev–Trinajstić information content (AvgIpc) is 2.28. The zero-order valence-electron chi connectivity index (χ0n) is 10.3. The zero-order valence-corrected chi connectivity index (χ0v) is 10.3. The van der Waals surface area contributed by atoms with Crippen molar-refractivity contribution in [2.45, 2.75) is 51.0 Å². The molecule has 0 unspecified atom stereocenters. The van der Waals surface area contributed by atoms with Gasteiger partial charge in [-0.2, -0.15) is 0 Å². The highest BCUT2D eigenvalue weighted by atomic mass is 19.2. The van der Waals surface area contributed by atoms with E-state index in [-0.39, 0.29) is 11.7 Å². The van der Waals surface area contributed by atoms with E-state index >= 15 is 0 Å². The molecule has 0 heterocycles. The van der Waals surface area contributed by atoms with Crippen LogP contribution in [-0.4, -0.2) is 6.04 Å². The molecule has 1 fully saturated rings. The molecular weight excluding hydrogens is 239 g/mol. The molecule has 0 aromatic heterocycles. The van der Waals surface area contributed by atoms with Crippen LogP contribution in [0.15, 0.2) is 12.1 Å². The molecule has 4 heteroatoms. The minimum atomic E-state index is -1.14. The van der Waals surface area contributed by atoms with Crippen molar-refractivity contribution in [3.8, 4) is 0 Å². The molecule has 18 heavy (non-hydrogen) atoms. The SMILES string of the molecule is Fc1cc(F)c(F)c(NC2CCCCCCC2)c1. The first kappa shape index (κ1) is 13.2. The fourth-order valence-corrected chi connectivity index (χ4v) is 2.48. The molecular formula is C14H18F3N. The second kappa shape index (κ2) is 6.12. The number of hydrogen-bond acceptors (Lipinski definition) is 1. The van der Waals surface area contributed by atoms with Crippen molar-refractivity contribution in [3.63, 3.8) is 0 Å². The lowest BCUT2D eigenvalue weighted by Crippen LogP contribution is -2.21. The molecule has 100 valence electrons. The van der Waals surface area contributed by atoms with Crippen molar-refractivity contribution in [3.05, 3.63) is 29.6 Å². The van der Waals surface area contributed by atoms with Gasteiger partial charge >= 0.3 is 0 Å². The Bertz CT molecular complexity index is 398. The summed E-state index contributed by atoms with van der Waals surface area (Å²) in [6, 6.07) is 1.71. The maximum atomic E-state index is 13.5. The lowest BCUT2D eigenvalue weighted by molar-refractivity contribution is 0.463. The van der Waals surface area contributed by atoms with Crippen LogP contribution < -0.4 is 5.32 Å². The molecule has 0 aliphatic heterocycles. The second-order valence-corrected chi connectivity index (χ2v) is 4.94. The van der Waals surface area contributed by atoms with E-state index in [0.29, 0.717) is 6.07 Å². The first-order valence-corrected chi connectivity index (χ1v) is 6.58. The molecule has 0 bridgehead atoms. The Morgan fingerprint density at radius 3 is 2.17 bits per heavy atom. The minimum Gasteiger partial charge on any atom is -0.380 e. The summed E-state index contributed by atoms with van der Waals surface area (Å²) in [6.45, 7) is 0. The third kappa shape index (κ3) is 3.40. The first-order chi connectivity index (χ1) is 8.66. The van der Waals surface area contributed by atoms with E-state index in [1.807, 2.05) is 0 Å². The largest absolute Gasteiger partial charge is 0.380 e. The molecule has 0 radical (unpaired) electrons. The topological polar surface area (TPSA) is 12.0 Å². The molecule has 1 N–H and O–H groups in total. The Balaban J connectivity index is 2.07. The van der Waals surface area contributed by atoms with E-state index in [1.165, 1.54) is 19.3 Å². The van der Waals surface area contributed by atoms with Gasteiger partial charge in [0.05, 0.1) is 5.69 Å². The Kier molecular flexibility index (Phi) is 4.50. The number of hydrogen-bond donors (Lipinski definition) is 1. The summed E-state index contributed by atoms with van der Waals surface area (Å²) in [4.78, 5) is 0. The maximum Gasteiger partial charge on any atom is 0.182 e. The predicted octanol–water partition coefficient (Wildman–Crippen LogP) is 4.63. The van der Waals surface area contributed by atoms with Crippen molar-refractivity contribution >= 4 is 5.69 Å². The fourth-order valence-electron chi connectivity index (χ4n) is 2.48. The Labute approximate surface area is 105 Å². The van der Waals surface area contributed by atoms with Gasteiger partial charge < -0.3 is 5.32 Å². The summed E-state index contributed by atoms with van der Waals surface area (Å²) in [5.41, 5.74) is -0.0573. The van der Waals surface area contributed by atoms with Crippen LogP contribution in [0, 0.1) is 17.5 Å². The van der Waals surface area contributed by atoms with Crippen molar-refractivity contribution in [2.75, 3.05) is 5.32 Å². The van der Waals surface area contributed by atoms with E-state index in [0.717, 1.165) is 31.7 Å². The lowest BCUT2D eigenvalue weighted by atomic mass is 9.96. The molecule has 0 spiro atoms. The molecule has 1 aromatic carbocycles. The average molecular weight is 257 g/mol. The van der Waals surface area contributed by atoms with Gasteiger partial charge in [-0.15, -0.1) is 0 Å². The van der Waals surface area contributed by atoms with Gasteiger partial charge in [-0.3, -0.25) is 0 Å². The normalized spacial score (nSPS) is 18.2. The van der Waals surface area contributed by atoms with Crippen molar-refractivity contribution in [2.24, 2.45) is 0 Å². The second-order valence-electron chi connectivity index (χ2n) is 4.94. The number of halogens is 3. The summed E-state index contributed by atoms with van der Waals surface area (Å²) in [5, 5.41) is 2.94. The van der Waals surface area contributed by atoms with Crippen LogP contribution in [0.1, 0.15) is 44.9 Å². The highest BCUT2D eigenvalue weighted by Crippen LogP contribution is 2.24. The summed E-state index contributed by atoms with van der Waals surface area (Å²) >= 11 is 0. The van der Waals surface area contributed by atoms with Gasteiger partial charge in [0.25, 0.3) is 0 Å². The maximum absolute atomic E-state index is 13.5. The number of benzene rings is 1. The quantitative estimate of drug-likeness (QED) is 0.762. The number of nitrogens with one attached hydrogen (secondary N) is 1. The van der Waals surface area contributed by atoms with Gasteiger partial charge in [0.1, 0.15) is 5.82 Å². The molecule has 1 saturated carbocycles. The van der Waals surface area contributed by atoms with Crippen LogP contribution in [0.5, 0.6) is 0 Å². The van der Waals surface area contributed by atoms with E-state index in [1.54, 1.807) is 0 Å². The Hall–Kier alpha value is -1.19. The highest BCUT2D eigenvalue weighted by molar-refractivity contribution is 5.46. The van der Waals surface area contributed by atoms with Gasteiger partial charge in [-0.1, -0.05) is 32.1 Å². The molecule has 0 amide bonds. The van der Waals surface area contributed by atoms with Crippen LogP contribution in [0.3, 0.4) is 0 Å². The van der Waals surface area contributed by atoms with E-state index in [4.69, 9.17) is 0 Å². The molecule has 0 saturated heterocycles. The Morgan fingerprint density at radius 1 is 0.889 bits per heavy atom. The highest BCUT2D eigenvalue weighted by Gasteiger charge is 2.16. The van der Waals surface area contributed by atoms with Gasteiger partial charge in [0.2, 0.25) is 0 Å². The zero-order chi connectivity index (χ0) is 13.0. The first-order valence-electron chi connectivity index (χ1n) is 6.58. The summed E-state index contributed by atoms with van der Waals surface area (Å²) in [5.74, 6) is -2.87. The van der Waals surface area contributed by atoms with Crippen molar-refractivity contribution < 1.29 is 13.2 Å². The standard InChI is InChI=1S/C14H18F3N/c15-10-8-12(16)14(17)13(9-10)18-11-6-4-2-1-3-5-7-11/h8-9,11,18H,1-7H2. The minimum absolute atomic E-state index is 0.0573. The molecule has 0 atom stereocenters. The van der Waals surface area contributed by atoms with Gasteiger partial charge in [-0.05, 0) is 12.8 Å². The van der Waals surface area contributed by atoms with Crippen LogP contribution in [0.2, 0.25) is 0 Å². The van der Waals surface area contributed by atoms with Crippen LogP contribution in [0.25, 0.3) is 0 Å². The summed E-state index contributed by atoms with van der Waals surface area (Å²) < 4.78 is 39.7. The van der Waals surface area contributed by atoms with Crippen LogP contribution in [0.4, 0.5) is 18.9 Å². The van der Waals surface area contributed by atoms with Gasteiger partial charge in [-0.25, -0.2) is 13.2 Å². The molecule has 2 rings (SSSR count). The van der Waals surface area contributed by atoms with Gasteiger partial charge in [0, 0.05) is 18.2 Å². The monoisotopic (exact) mass is 257 g/mol. The number of anilines is 1. The van der Waals surface area contributed by atoms with Crippen molar-refractivity contribution in [1.29, 1.82) is 0 Å². The predicted molar refractivity (Wildman–Crippen MR) is 66.0 cm³/mol. The van der Waals surface area contributed by atoms with E-state index < -0.39 is 17.5 Å². The molecule has 1 aliphatic rings. The number of rotatable bonds is 2. The van der Waals surface area contributed by atoms with Gasteiger partial charge in [0.15, 0.2) is 11.6 Å². The third-order valence-electron chi connectivity index (χ3n) is 3.46. The Morgan fingerprint density at radius 2 is 1.50 bits per heavy atom. The van der Waals surface area contributed by atoms with Crippen LogP contribution >= 0.6 is 0 Å².